The highest BCUT2D eigenvalue weighted by molar-refractivity contribution is 5.58. The Kier molecular flexibility index (Phi) is 3.34. The summed E-state index contributed by atoms with van der Waals surface area (Å²) in [5.41, 5.74) is 1.86. The molecule has 1 aliphatic carbocycles. The van der Waals surface area contributed by atoms with E-state index in [1.54, 1.807) is 18.3 Å². The third-order valence-electron chi connectivity index (χ3n) is 3.83. The number of H-pyrrole nitrogens is 1. The van der Waals surface area contributed by atoms with Crippen LogP contribution < -0.4 is 0 Å². The molecule has 4 heteroatoms. The molecule has 0 atom stereocenters. The summed E-state index contributed by atoms with van der Waals surface area (Å²) in [7, 11) is 0. The van der Waals surface area contributed by atoms with Crippen LogP contribution in [0.15, 0.2) is 30.5 Å². The van der Waals surface area contributed by atoms with E-state index in [1.807, 2.05) is 0 Å². The van der Waals surface area contributed by atoms with Gasteiger partial charge in [0.05, 0.1) is 18.0 Å². The molecule has 100 valence electrons. The molecule has 0 aliphatic heterocycles. The number of aliphatic hydroxyl groups is 1. The van der Waals surface area contributed by atoms with Crippen LogP contribution in [0.4, 0.5) is 4.39 Å². The van der Waals surface area contributed by atoms with Crippen LogP contribution in [-0.2, 0) is 0 Å². The summed E-state index contributed by atoms with van der Waals surface area (Å²) < 4.78 is 12.9. The number of benzene rings is 1. The zero-order chi connectivity index (χ0) is 13.2. The van der Waals surface area contributed by atoms with Gasteiger partial charge in [0, 0.05) is 5.92 Å². The zero-order valence-electron chi connectivity index (χ0n) is 10.6. The number of rotatable bonds is 2. The second kappa shape index (κ2) is 5.13. The van der Waals surface area contributed by atoms with E-state index in [0.717, 1.165) is 42.8 Å². The van der Waals surface area contributed by atoms with Crippen LogP contribution >= 0.6 is 0 Å². The van der Waals surface area contributed by atoms with E-state index < -0.39 is 0 Å². The first-order valence-corrected chi connectivity index (χ1v) is 6.71. The molecule has 0 unspecified atom stereocenters. The highest BCUT2D eigenvalue weighted by atomic mass is 19.1. The van der Waals surface area contributed by atoms with Gasteiger partial charge in [0.15, 0.2) is 0 Å². The molecule has 0 radical (unpaired) electrons. The molecule has 3 nitrogen and oxygen atoms in total. The van der Waals surface area contributed by atoms with Crippen LogP contribution in [0, 0.1) is 5.82 Å². The Morgan fingerprint density at radius 2 is 1.79 bits per heavy atom. The van der Waals surface area contributed by atoms with E-state index in [2.05, 4.69) is 9.97 Å². The highest BCUT2D eigenvalue weighted by Gasteiger charge is 2.22. The summed E-state index contributed by atoms with van der Waals surface area (Å²) >= 11 is 0. The summed E-state index contributed by atoms with van der Waals surface area (Å²) in [4.78, 5) is 7.75. The molecule has 2 N–H and O–H groups in total. The summed E-state index contributed by atoms with van der Waals surface area (Å²) in [5, 5.41) is 9.52. The van der Waals surface area contributed by atoms with Gasteiger partial charge in [0.2, 0.25) is 0 Å². The molecular weight excluding hydrogens is 243 g/mol. The van der Waals surface area contributed by atoms with Crippen molar-refractivity contribution in [2.45, 2.75) is 37.7 Å². The number of aliphatic hydroxyl groups excluding tert-OH is 1. The first kappa shape index (κ1) is 12.4. The summed E-state index contributed by atoms with van der Waals surface area (Å²) in [5.74, 6) is 1.15. The van der Waals surface area contributed by atoms with E-state index in [1.165, 1.54) is 12.1 Å². The SMILES string of the molecule is OC1CCC(c2ncc(-c3ccc(F)cc3)[nH]2)CC1. The van der Waals surface area contributed by atoms with Gasteiger partial charge in [0.1, 0.15) is 11.6 Å². The summed E-state index contributed by atoms with van der Waals surface area (Å²) in [6.07, 6.45) is 5.28. The van der Waals surface area contributed by atoms with Crippen molar-refractivity contribution < 1.29 is 9.50 Å². The average Bonchev–Trinajstić information content (AvgIpc) is 2.90. The minimum absolute atomic E-state index is 0.150. The lowest BCUT2D eigenvalue weighted by Crippen LogP contribution is -2.17. The van der Waals surface area contributed by atoms with Crippen molar-refractivity contribution in [2.24, 2.45) is 0 Å². The van der Waals surface area contributed by atoms with Gasteiger partial charge in [-0.2, -0.15) is 0 Å². The summed E-state index contributed by atoms with van der Waals surface area (Å²) in [6, 6.07) is 6.40. The Hall–Kier alpha value is -1.68. The number of nitrogens with one attached hydrogen (secondary N) is 1. The maximum atomic E-state index is 12.9. The monoisotopic (exact) mass is 260 g/mol. The fourth-order valence-corrected chi connectivity index (χ4v) is 2.67. The predicted octanol–water partition coefficient (Wildman–Crippen LogP) is 3.23. The molecule has 2 aromatic rings. The zero-order valence-corrected chi connectivity index (χ0v) is 10.6. The van der Waals surface area contributed by atoms with Crippen molar-refractivity contribution in [1.29, 1.82) is 0 Å². The van der Waals surface area contributed by atoms with Gasteiger partial charge in [0.25, 0.3) is 0 Å². The topological polar surface area (TPSA) is 48.9 Å². The van der Waals surface area contributed by atoms with Crippen LogP contribution in [0.1, 0.15) is 37.4 Å². The minimum atomic E-state index is -0.232. The first-order valence-electron chi connectivity index (χ1n) is 6.71. The lowest BCUT2D eigenvalue weighted by atomic mass is 9.87. The fraction of sp³-hybridized carbons (Fsp3) is 0.400. The lowest BCUT2D eigenvalue weighted by Gasteiger charge is -2.23. The third-order valence-corrected chi connectivity index (χ3v) is 3.83. The maximum absolute atomic E-state index is 12.9. The Morgan fingerprint density at radius 1 is 1.11 bits per heavy atom. The number of hydrogen-bond acceptors (Lipinski definition) is 2. The van der Waals surface area contributed by atoms with Gasteiger partial charge in [-0.3, -0.25) is 0 Å². The summed E-state index contributed by atoms with van der Waals surface area (Å²) in [6.45, 7) is 0. The molecule has 1 heterocycles. The van der Waals surface area contributed by atoms with Gasteiger partial charge in [-0.15, -0.1) is 0 Å². The Bertz CT molecular complexity index is 542. The number of aromatic amines is 1. The number of nitrogens with zero attached hydrogens (tertiary/aromatic N) is 1. The molecule has 19 heavy (non-hydrogen) atoms. The Balaban J connectivity index is 1.77. The molecular formula is C15H17FN2O. The Morgan fingerprint density at radius 3 is 2.47 bits per heavy atom. The van der Waals surface area contributed by atoms with E-state index in [9.17, 15) is 9.50 Å². The minimum Gasteiger partial charge on any atom is -0.393 e. The maximum Gasteiger partial charge on any atom is 0.123 e. The molecule has 3 rings (SSSR count). The van der Waals surface area contributed by atoms with E-state index in [-0.39, 0.29) is 11.9 Å². The van der Waals surface area contributed by atoms with Crippen molar-refractivity contribution >= 4 is 0 Å². The normalized spacial score (nSPS) is 23.5. The molecule has 1 aromatic heterocycles. The van der Waals surface area contributed by atoms with Crippen LogP contribution in [-0.4, -0.2) is 21.2 Å². The van der Waals surface area contributed by atoms with Crippen molar-refractivity contribution in [3.8, 4) is 11.3 Å². The lowest BCUT2D eigenvalue weighted by molar-refractivity contribution is 0.121. The molecule has 0 saturated heterocycles. The molecule has 1 aromatic carbocycles. The molecule has 1 fully saturated rings. The van der Waals surface area contributed by atoms with Gasteiger partial charge in [-0.05, 0) is 55.5 Å². The van der Waals surface area contributed by atoms with Crippen molar-refractivity contribution in [3.05, 3.63) is 42.1 Å². The molecule has 1 aliphatic rings. The highest BCUT2D eigenvalue weighted by Crippen LogP contribution is 2.32. The molecule has 0 amide bonds. The second-order valence-electron chi connectivity index (χ2n) is 5.19. The molecule has 0 spiro atoms. The van der Waals surface area contributed by atoms with Gasteiger partial charge < -0.3 is 10.1 Å². The fourth-order valence-electron chi connectivity index (χ4n) is 2.67. The van der Waals surface area contributed by atoms with E-state index >= 15 is 0 Å². The van der Waals surface area contributed by atoms with Crippen molar-refractivity contribution in [3.63, 3.8) is 0 Å². The van der Waals surface area contributed by atoms with Crippen LogP contribution in [0.25, 0.3) is 11.3 Å². The standard InChI is InChI=1S/C15H17FN2O/c16-12-5-1-10(2-6-12)14-9-17-15(18-14)11-3-7-13(19)8-4-11/h1-2,5-6,9,11,13,19H,3-4,7-8H2,(H,17,18). The second-order valence-corrected chi connectivity index (χ2v) is 5.19. The largest absolute Gasteiger partial charge is 0.393 e. The van der Waals surface area contributed by atoms with Crippen molar-refractivity contribution in [1.82, 2.24) is 9.97 Å². The quantitative estimate of drug-likeness (QED) is 0.871. The Labute approximate surface area is 111 Å². The van der Waals surface area contributed by atoms with Crippen LogP contribution in [0.5, 0.6) is 0 Å². The number of hydrogen-bond donors (Lipinski definition) is 2. The number of imidazole rings is 1. The van der Waals surface area contributed by atoms with Gasteiger partial charge in [-0.25, -0.2) is 9.37 Å². The van der Waals surface area contributed by atoms with Crippen LogP contribution in [0.3, 0.4) is 0 Å². The molecule has 1 saturated carbocycles. The van der Waals surface area contributed by atoms with Gasteiger partial charge in [-0.1, -0.05) is 0 Å². The van der Waals surface area contributed by atoms with E-state index in [0.29, 0.717) is 5.92 Å². The molecule has 0 bridgehead atoms. The van der Waals surface area contributed by atoms with Gasteiger partial charge >= 0.3 is 0 Å². The smallest absolute Gasteiger partial charge is 0.123 e. The number of aromatic nitrogens is 2. The van der Waals surface area contributed by atoms with E-state index in [4.69, 9.17) is 0 Å². The predicted molar refractivity (Wildman–Crippen MR) is 71.2 cm³/mol. The first-order chi connectivity index (χ1) is 9.22. The number of halogens is 1. The average molecular weight is 260 g/mol. The van der Waals surface area contributed by atoms with Crippen LogP contribution in [0.2, 0.25) is 0 Å². The van der Waals surface area contributed by atoms with Crippen molar-refractivity contribution in [2.75, 3.05) is 0 Å². The third kappa shape index (κ3) is 2.68.